The molecule has 0 N–H and O–H groups in total. The number of ketones is 1. The van der Waals surface area contributed by atoms with Gasteiger partial charge in [0.15, 0.2) is 0 Å². The number of hydrogen-bond donors (Lipinski definition) is 0. The van der Waals surface area contributed by atoms with Crippen molar-refractivity contribution in [2.75, 3.05) is 18.0 Å². The molecule has 1 aliphatic rings. The van der Waals surface area contributed by atoms with Crippen LogP contribution in [0.25, 0.3) is 0 Å². The van der Waals surface area contributed by atoms with E-state index in [4.69, 9.17) is 4.74 Å². The first-order chi connectivity index (χ1) is 13.4. The van der Waals surface area contributed by atoms with Gasteiger partial charge in [-0.05, 0) is 54.8 Å². The molecule has 6 heteroatoms. The molecule has 3 rings (SSSR count). The van der Waals surface area contributed by atoms with E-state index in [1.807, 2.05) is 31.2 Å². The number of halogens is 2. The van der Waals surface area contributed by atoms with E-state index < -0.39 is 6.61 Å². The normalized spacial score (nSPS) is 17.6. The van der Waals surface area contributed by atoms with Crippen molar-refractivity contribution in [3.63, 3.8) is 0 Å². The van der Waals surface area contributed by atoms with Crippen molar-refractivity contribution in [2.45, 2.75) is 45.3 Å². The monoisotopic (exact) mass is 389 g/mol. The average Bonchev–Trinajstić information content (AvgIpc) is 3.10. The molecule has 0 radical (unpaired) electrons. The molecule has 2 aromatic carbocycles. The summed E-state index contributed by atoms with van der Waals surface area (Å²) >= 11 is 0. The fourth-order valence-corrected chi connectivity index (χ4v) is 3.51. The van der Waals surface area contributed by atoms with Crippen LogP contribution >= 0.6 is 0 Å². The molecule has 28 heavy (non-hydrogen) atoms. The van der Waals surface area contributed by atoms with Crippen LogP contribution in [0.2, 0.25) is 0 Å². The smallest absolute Gasteiger partial charge is 0.387 e. The highest BCUT2D eigenvalue weighted by Gasteiger charge is 2.24. The van der Waals surface area contributed by atoms with E-state index in [-0.39, 0.29) is 23.6 Å². The van der Waals surface area contributed by atoms with Gasteiger partial charge >= 0.3 is 6.61 Å². The Morgan fingerprint density at radius 3 is 2.36 bits per heavy atom. The number of carbonyl (C=O) groups is 1. The summed E-state index contributed by atoms with van der Waals surface area (Å²) in [6.45, 7) is 2.42. The quantitative estimate of drug-likeness (QED) is 0.635. The summed E-state index contributed by atoms with van der Waals surface area (Å²) in [5.41, 5.74) is 2.09. The van der Waals surface area contributed by atoms with E-state index >= 15 is 0 Å². The molecule has 1 fully saturated rings. The lowest BCUT2D eigenvalue weighted by molar-refractivity contribution is -0.117. The van der Waals surface area contributed by atoms with E-state index in [0.29, 0.717) is 6.42 Å². The second kappa shape index (κ2) is 9.04. The number of alkyl halides is 2. The maximum absolute atomic E-state index is 12.2. The lowest BCUT2D eigenvalue weighted by Crippen LogP contribution is -2.24. The van der Waals surface area contributed by atoms with Crippen LogP contribution in [0.15, 0.2) is 48.5 Å². The zero-order chi connectivity index (χ0) is 20.1. The fraction of sp³-hybridized carbons (Fsp3) is 0.409. The van der Waals surface area contributed by atoms with Gasteiger partial charge in [-0.15, -0.1) is 0 Å². The van der Waals surface area contributed by atoms with Gasteiger partial charge in [-0.3, -0.25) is 0 Å². The lowest BCUT2D eigenvalue weighted by atomic mass is 9.96. The summed E-state index contributed by atoms with van der Waals surface area (Å²) in [4.78, 5) is 13.4. The molecule has 0 aromatic heterocycles. The molecule has 1 saturated heterocycles. The Hall–Kier alpha value is -2.63. The minimum atomic E-state index is -2.81. The van der Waals surface area contributed by atoms with Gasteiger partial charge in [0.2, 0.25) is 0 Å². The van der Waals surface area contributed by atoms with E-state index in [9.17, 15) is 13.6 Å². The van der Waals surface area contributed by atoms with Crippen molar-refractivity contribution in [1.29, 1.82) is 0 Å². The Kier molecular flexibility index (Phi) is 6.49. The van der Waals surface area contributed by atoms with E-state index in [0.717, 1.165) is 36.5 Å². The van der Waals surface area contributed by atoms with Crippen molar-refractivity contribution >= 4 is 11.5 Å². The maximum atomic E-state index is 12.2. The van der Waals surface area contributed by atoms with Crippen molar-refractivity contribution in [3.05, 3.63) is 54.1 Å². The zero-order valence-electron chi connectivity index (χ0n) is 16.1. The van der Waals surface area contributed by atoms with Crippen molar-refractivity contribution in [2.24, 2.45) is 0 Å². The molecular weight excluding hydrogens is 364 g/mol. The van der Waals surface area contributed by atoms with Crippen molar-refractivity contribution in [1.82, 2.24) is 0 Å². The van der Waals surface area contributed by atoms with E-state index in [1.165, 1.54) is 0 Å². The van der Waals surface area contributed by atoms with Crippen LogP contribution in [0.4, 0.5) is 14.5 Å². The predicted octanol–water partition coefficient (Wildman–Crippen LogP) is 5.03. The number of hydrogen-bond acceptors (Lipinski definition) is 4. The predicted molar refractivity (Wildman–Crippen MR) is 104 cm³/mol. The van der Waals surface area contributed by atoms with Gasteiger partial charge in [-0.2, -0.15) is 8.78 Å². The Bertz CT molecular complexity index is 777. The third kappa shape index (κ3) is 5.44. The summed E-state index contributed by atoms with van der Waals surface area (Å²) in [7, 11) is 0. The fourth-order valence-electron chi connectivity index (χ4n) is 3.51. The second-order valence-electron chi connectivity index (χ2n) is 7.22. The number of benzene rings is 2. The standard InChI is InChI=1S/C22H25F2NO3/c1-15(13-16(2)26)17-3-7-19(8-4-17)27-21-11-12-25(14-21)18-5-9-20(10-6-18)28-22(23)24/h3-10,15,21-22H,11-14H2,1-2H3/t15-,21?/m1/s1. The SMILES string of the molecule is CC(=O)C[C@@H](C)c1ccc(OC2CCN(c3ccc(OC(F)F)cc3)C2)cc1. The Balaban J connectivity index is 1.53. The number of rotatable bonds is 8. The minimum Gasteiger partial charge on any atom is -0.489 e. The van der Waals surface area contributed by atoms with Gasteiger partial charge in [0.05, 0.1) is 6.54 Å². The molecule has 0 saturated carbocycles. The van der Waals surface area contributed by atoms with Gasteiger partial charge in [-0.25, -0.2) is 0 Å². The van der Waals surface area contributed by atoms with Crippen LogP contribution in [0.3, 0.4) is 0 Å². The molecule has 2 atom stereocenters. The number of anilines is 1. The van der Waals surface area contributed by atoms with E-state index in [1.54, 1.807) is 31.2 Å². The Morgan fingerprint density at radius 2 is 1.75 bits per heavy atom. The first-order valence-electron chi connectivity index (χ1n) is 9.46. The first-order valence-corrected chi connectivity index (χ1v) is 9.46. The zero-order valence-corrected chi connectivity index (χ0v) is 16.1. The minimum absolute atomic E-state index is 0.0671. The van der Waals surface area contributed by atoms with Crippen LogP contribution in [-0.4, -0.2) is 31.6 Å². The summed E-state index contributed by atoms with van der Waals surface area (Å²) < 4.78 is 35.0. The average molecular weight is 389 g/mol. The molecule has 0 bridgehead atoms. The molecule has 150 valence electrons. The van der Waals surface area contributed by atoms with Gasteiger partial charge in [0, 0.05) is 25.1 Å². The van der Waals surface area contributed by atoms with Gasteiger partial charge in [0.1, 0.15) is 23.4 Å². The highest BCUT2D eigenvalue weighted by Crippen LogP contribution is 2.27. The molecule has 0 aliphatic carbocycles. The molecule has 4 nitrogen and oxygen atoms in total. The lowest BCUT2D eigenvalue weighted by Gasteiger charge is -2.19. The molecule has 0 spiro atoms. The molecule has 1 aliphatic heterocycles. The molecule has 0 amide bonds. The summed E-state index contributed by atoms with van der Waals surface area (Å²) in [6.07, 6.45) is 1.49. The second-order valence-corrected chi connectivity index (χ2v) is 7.22. The molecule has 1 heterocycles. The van der Waals surface area contributed by atoms with Crippen LogP contribution in [0.5, 0.6) is 11.5 Å². The van der Waals surface area contributed by atoms with Crippen LogP contribution in [0.1, 0.15) is 38.2 Å². The number of nitrogens with zero attached hydrogens (tertiary/aromatic N) is 1. The van der Waals surface area contributed by atoms with Crippen LogP contribution in [0, 0.1) is 0 Å². The highest BCUT2D eigenvalue weighted by atomic mass is 19.3. The third-order valence-corrected chi connectivity index (χ3v) is 4.92. The number of Topliss-reactive ketones (excluding diaryl/α,β-unsaturated/α-hetero) is 1. The maximum Gasteiger partial charge on any atom is 0.387 e. The Morgan fingerprint density at radius 1 is 1.11 bits per heavy atom. The largest absolute Gasteiger partial charge is 0.489 e. The van der Waals surface area contributed by atoms with Crippen LogP contribution < -0.4 is 14.4 Å². The summed E-state index contributed by atoms with van der Waals surface area (Å²) in [5.74, 6) is 1.36. The summed E-state index contributed by atoms with van der Waals surface area (Å²) in [5, 5.41) is 0. The first kappa shape index (κ1) is 20.1. The number of carbonyl (C=O) groups excluding carboxylic acids is 1. The van der Waals surface area contributed by atoms with Crippen LogP contribution in [-0.2, 0) is 4.79 Å². The topological polar surface area (TPSA) is 38.8 Å². The molecule has 2 aromatic rings. The van der Waals surface area contributed by atoms with Crippen molar-refractivity contribution < 1.29 is 23.0 Å². The third-order valence-electron chi connectivity index (χ3n) is 4.92. The highest BCUT2D eigenvalue weighted by molar-refractivity contribution is 5.76. The van der Waals surface area contributed by atoms with Gasteiger partial charge < -0.3 is 19.2 Å². The Labute approximate surface area is 164 Å². The van der Waals surface area contributed by atoms with Gasteiger partial charge in [-0.1, -0.05) is 19.1 Å². The van der Waals surface area contributed by atoms with Gasteiger partial charge in [0.25, 0.3) is 0 Å². The molecule has 1 unspecified atom stereocenters. The van der Waals surface area contributed by atoms with Crippen molar-refractivity contribution in [3.8, 4) is 11.5 Å². The van der Waals surface area contributed by atoms with E-state index in [2.05, 4.69) is 9.64 Å². The summed E-state index contributed by atoms with van der Waals surface area (Å²) in [6, 6.07) is 14.6. The number of ether oxygens (including phenoxy) is 2. The molecular formula is C22H25F2NO3.